The molecule has 0 aliphatic carbocycles. The van der Waals surface area contributed by atoms with Crippen LogP contribution in [0.5, 0.6) is 5.75 Å². The van der Waals surface area contributed by atoms with Crippen molar-refractivity contribution in [1.82, 2.24) is 4.90 Å². The van der Waals surface area contributed by atoms with E-state index in [-0.39, 0.29) is 12.3 Å². The summed E-state index contributed by atoms with van der Waals surface area (Å²) < 4.78 is 20.9. The highest BCUT2D eigenvalue weighted by atomic mass is 19.1. The second-order valence-corrected chi connectivity index (χ2v) is 9.76. The van der Waals surface area contributed by atoms with Gasteiger partial charge < -0.3 is 14.7 Å². The van der Waals surface area contributed by atoms with Crippen LogP contribution in [0.4, 0.5) is 4.39 Å². The zero-order valence-corrected chi connectivity index (χ0v) is 20.9. The number of carboxylic acids is 1. The quantitative estimate of drug-likeness (QED) is 0.523. The number of carbonyl (C=O) groups excluding carboxylic acids is 1. The highest BCUT2D eigenvalue weighted by molar-refractivity contribution is 5.94. The molecule has 0 saturated carbocycles. The third kappa shape index (κ3) is 4.04. The fourth-order valence-electron chi connectivity index (χ4n) is 5.86. The number of carboxylic acid groups (broad SMARTS) is 1. The molecule has 0 bridgehead atoms. The molecule has 0 aromatic heterocycles. The molecule has 1 N–H and O–H groups in total. The lowest BCUT2D eigenvalue weighted by molar-refractivity contribution is -0.136. The molecule has 3 aromatic rings. The number of aliphatic carboxylic acids is 1. The summed E-state index contributed by atoms with van der Waals surface area (Å²) in [5.41, 5.74) is 8.60. The Morgan fingerprint density at radius 2 is 1.75 bits per heavy atom. The fourth-order valence-corrected chi connectivity index (χ4v) is 5.86. The van der Waals surface area contributed by atoms with Gasteiger partial charge in [0.05, 0.1) is 13.0 Å². The van der Waals surface area contributed by atoms with Crippen LogP contribution in [0.1, 0.15) is 55.7 Å². The number of hydrogen-bond acceptors (Lipinski definition) is 3. The predicted molar refractivity (Wildman–Crippen MR) is 136 cm³/mol. The zero-order chi connectivity index (χ0) is 25.6. The summed E-state index contributed by atoms with van der Waals surface area (Å²) in [6.07, 6.45) is 2.05. The Labute approximate surface area is 210 Å². The maximum atomic E-state index is 15.2. The molecular formula is C30H30FNO4. The maximum Gasteiger partial charge on any atom is 0.307 e. The summed E-state index contributed by atoms with van der Waals surface area (Å²) in [6, 6.07) is 10.7. The van der Waals surface area contributed by atoms with Gasteiger partial charge in [0.15, 0.2) is 11.6 Å². The molecule has 36 heavy (non-hydrogen) atoms. The average Bonchev–Trinajstić information content (AvgIpc) is 2.89. The molecule has 3 aromatic carbocycles. The number of carbonyl (C=O) groups is 2. The number of halogens is 1. The van der Waals surface area contributed by atoms with Crippen LogP contribution in [0.3, 0.4) is 0 Å². The first-order chi connectivity index (χ1) is 17.3. The molecule has 0 radical (unpaired) electrons. The molecule has 5 rings (SSSR count). The van der Waals surface area contributed by atoms with E-state index in [9.17, 15) is 14.7 Å². The Hall–Kier alpha value is -3.67. The highest BCUT2D eigenvalue weighted by Gasteiger charge is 2.30. The van der Waals surface area contributed by atoms with Gasteiger partial charge in [0.1, 0.15) is 0 Å². The standard InChI is InChI=1S/C30H30FNO4/c1-17-21-11-12-32(30(35)20-8-5-4-6-9-20)16-25(21)19(3)28(24(17)15-27(33)34)23-14-26(31)29-22(18(23)2)10-7-13-36-29/h4-6,8-9,14H,7,10-13,15-16H2,1-3H3,(H,33,34). The third-order valence-electron chi connectivity index (χ3n) is 7.72. The van der Waals surface area contributed by atoms with Crippen molar-refractivity contribution in [3.05, 3.63) is 86.7 Å². The number of rotatable bonds is 4. The van der Waals surface area contributed by atoms with E-state index in [1.54, 1.807) is 0 Å². The molecule has 1 amide bonds. The van der Waals surface area contributed by atoms with Crippen molar-refractivity contribution in [3.8, 4) is 16.9 Å². The molecule has 6 heteroatoms. The van der Waals surface area contributed by atoms with Crippen molar-refractivity contribution in [2.24, 2.45) is 0 Å². The maximum absolute atomic E-state index is 15.2. The molecule has 2 heterocycles. The first kappa shape index (κ1) is 24.0. The second kappa shape index (κ2) is 9.41. The van der Waals surface area contributed by atoms with E-state index < -0.39 is 11.8 Å². The van der Waals surface area contributed by atoms with E-state index in [0.717, 1.165) is 57.3 Å². The van der Waals surface area contributed by atoms with Gasteiger partial charge in [-0.1, -0.05) is 18.2 Å². The van der Waals surface area contributed by atoms with Gasteiger partial charge in [-0.15, -0.1) is 0 Å². The highest BCUT2D eigenvalue weighted by Crippen LogP contribution is 2.43. The molecule has 5 nitrogen and oxygen atoms in total. The first-order valence-electron chi connectivity index (χ1n) is 12.4. The van der Waals surface area contributed by atoms with Crippen molar-refractivity contribution >= 4 is 11.9 Å². The van der Waals surface area contributed by atoms with Gasteiger partial charge in [0.25, 0.3) is 5.91 Å². The smallest absolute Gasteiger partial charge is 0.307 e. The Kier molecular flexibility index (Phi) is 6.29. The summed E-state index contributed by atoms with van der Waals surface area (Å²) in [6.45, 7) is 7.40. The summed E-state index contributed by atoms with van der Waals surface area (Å²) in [7, 11) is 0. The molecular weight excluding hydrogens is 457 g/mol. The SMILES string of the molecule is Cc1c(-c2c(C)c3c(c(C)c2CC(=O)O)CCN(C(=O)c2ccccc2)C3)cc(F)c2c1CCCO2. The summed E-state index contributed by atoms with van der Waals surface area (Å²) in [5, 5.41) is 9.77. The van der Waals surface area contributed by atoms with Gasteiger partial charge in [-0.25, -0.2) is 4.39 Å². The minimum absolute atomic E-state index is 0.0254. The number of amides is 1. The topological polar surface area (TPSA) is 66.8 Å². The van der Waals surface area contributed by atoms with E-state index in [1.807, 2.05) is 56.0 Å². The summed E-state index contributed by atoms with van der Waals surface area (Å²) in [4.78, 5) is 27.0. The van der Waals surface area contributed by atoms with Crippen LogP contribution in [0, 0.1) is 26.6 Å². The van der Waals surface area contributed by atoms with Gasteiger partial charge in [0, 0.05) is 24.2 Å². The Morgan fingerprint density at radius 3 is 2.47 bits per heavy atom. The van der Waals surface area contributed by atoms with Crippen LogP contribution in [-0.4, -0.2) is 35.0 Å². The number of nitrogens with zero attached hydrogens (tertiary/aromatic N) is 1. The van der Waals surface area contributed by atoms with Crippen LogP contribution in [0.2, 0.25) is 0 Å². The van der Waals surface area contributed by atoms with Gasteiger partial charge in [-0.2, -0.15) is 0 Å². The third-order valence-corrected chi connectivity index (χ3v) is 7.72. The number of ether oxygens (including phenoxy) is 1. The van der Waals surface area contributed by atoms with Gasteiger partial charge in [-0.3, -0.25) is 9.59 Å². The van der Waals surface area contributed by atoms with Gasteiger partial charge in [-0.05, 0) is 103 Å². The Bertz CT molecular complexity index is 1380. The van der Waals surface area contributed by atoms with Crippen molar-refractivity contribution < 1.29 is 23.8 Å². The van der Waals surface area contributed by atoms with Crippen molar-refractivity contribution in [2.75, 3.05) is 13.2 Å². The van der Waals surface area contributed by atoms with E-state index >= 15 is 4.39 Å². The van der Waals surface area contributed by atoms with Crippen molar-refractivity contribution in [1.29, 1.82) is 0 Å². The monoisotopic (exact) mass is 487 g/mol. The molecule has 0 saturated heterocycles. The summed E-state index contributed by atoms with van der Waals surface area (Å²) in [5.74, 6) is -1.05. The normalized spacial score (nSPS) is 14.6. The van der Waals surface area contributed by atoms with Gasteiger partial charge >= 0.3 is 5.97 Å². The largest absolute Gasteiger partial charge is 0.490 e. The Morgan fingerprint density at radius 1 is 1.00 bits per heavy atom. The molecule has 0 atom stereocenters. The van der Waals surface area contributed by atoms with E-state index in [4.69, 9.17) is 4.74 Å². The zero-order valence-electron chi connectivity index (χ0n) is 20.9. The lowest BCUT2D eigenvalue weighted by atomic mass is 9.79. The molecule has 2 aliphatic rings. The fraction of sp³-hybridized carbons (Fsp3) is 0.333. The van der Waals surface area contributed by atoms with Crippen LogP contribution < -0.4 is 4.74 Å². The molecule has 2 aliphatic heterocycles. The van der Waals surface area contributed by atoms with Crippen molar-refractivity contribution in [3.63, 3.8) is 0 Å². The predicted octanol–water partition coefficient (Wildman–Crippen LogP) is 5.57. The van der Waals surface area contributed by atoms with Crippen LogP contribution in [-0.2, 0) is 30.6 Å². The van der Waals surface area contributed by atoms with Gasteiger partial charge in [0.2, 0.25) is 0 Å². The number of hydrogen-bond donors (Lipinski definition) is 1. The second-order valence-electron chi connectivity index (χ2n) is 9.76. The van der Waals surface area contributed by atoms with E-state index in [2.05, 4.69) is 0 Å². The first-order valence-corrected chi connectivity index (χ1v) is 12.4. The molecule has 0 unspecified atom stereocenters. The Balaban J connectivity index is 1.68. The van der Waals surface area contributed by atoms with E-state index in [0.29, 0.717) is 43.0 Å². The number of benzene rings is 3. The lowest BCUT2D eigenvalue weighted by Gasteiger charge is -2.34. The molecule has 0 fully saturated rings. The number of fused-ring (bicyclic) bond motifs is 2. The molecule has 0 spiro atoms. The summed E-state index contributed by atoms with van der Waals surface area (Å²) >= 11 is 0. The average molecular weight is 488 g/mol. The van der Waals surface area contributed by atoms with Crippen LogP contribution in [0.15, 0.2) is 36.4 Å². The van der Waals surface area contributed by atoms with Crippen molar-refractivity contribution in [2.45, 2.75) is 53.0 Å². The minimum Gasteiger partial charge on any atom is -0.490 e. The molecule has 186 valence electrons. The minimum atomic E-state index is -0.921. The van der Waals surface area contributed by atoms with E-state index in [1.165, 1.54) is 6.07 Å². The van der Waals surface area contributed by atoms with Crippen LogP contribution in [0.25, 0.3) is 11.1 Å². The van der Waals surface area contributed by atoms with Crippen LogP contribution >= 0.6 is 0 Å². The lowest BCUT2D eigenvalue weighted by Crippen LogP contribution is -2.37.